The summed E-state index contributed by atoms with van der Waals surface area (Å²) in [7, 11) is 0. The maximum Gasteiger partial charge on any atom is 0.234 e. The molecule has 124 valence electrons. The molecule has 0 unspecified atom stereocenters. The SMILES string of the molecule is CC[C@@H](Oc1cncc(Nc2cc(C3COC3)[nH]n2)n1)[C@H](C)O. The minimum Gasteiger partial charge on any atom is -0.470 e. The van der Waals surface area contributed by atoms with Crippen molar-refractivity contribution in [1.29, 1.82) is 0 Å². The number of aliphatic hydroxyl groups is 1. The van der Waals surface area contributed by atoms with Gasteiger partial charge in [0.2, 0.25) is 5.88 Å². The van der Waals surface area contributed by atoms with Gasteiger partial charge in [-0.15, -0.1) is 0 Å². The average Bonchev–Trinajstić information content (AvgIpc) is 2.91. The third-order valence-corrected chi connectivity index (χ3v) is 3.76. The van der Waals surface area contributed by atoms with Crippen molar-refractivity contribution in [2.24, 2.45) is 0 Å². The van der Waals surface area contributed by atoms with Crippen LogP contribution in [-0.2, 0) is 4.74 Å². The molecule has 0 radical (unpaired) electrons. The fourth-order valence-electron chi connectivity index (χ4n) is 2.30. The number of hydrogen-bond acceptors (Lipinski definition) is 7. The lowest BCUT2D eigenvalue weighted by Crippen LogP contribution is -2.28. The second-order valence-corrected chi connectivity index (χ2v) is 5.62. The van der Waals surface area contributed by atoms with E-state index in [-0.39, 0.29) is 6.10 Å². The lowest BCUT2D eigenvalue weighted by Gasteiger charge is -2.24. The van der Waals surface area contributed by atoms with E-state index in [1.54, 1.807) is 13.1 Å². The van der Waals surface area contributed by atoms with Crippen LogP contribution in [0.25, 0.3) is 0 Å². The van der Waals surface area contributed by atoms with Crippen LogP contribution in [0.3, 0.4) is 0 Å². The van der Waals surface area contributed by atoms with Crippen LogP contribution >= 0.6 is 0 Å². The molecule has 2 aromatic heterocycles. The van der Waals surface area contributed by atoms with Gasteiger partial charge in [0.15, 0.2) is 11.6 Å². The molecule has 3 rings (SSSR count). The molecule has 8 heteroatoms. The largest absolute Gasteiger partial charge is 0.470 e. The smallest absolute Gasteiger partial charge is 0.234 e. The van der Waals surface area contributed by atoms with E-state index < -0.39 is 6.10 Å². The predicted molar refractivity (Wildman–Crippen MR) is 83.9 cm³/mol. The predicted octanol–water partition coefficient (Wildman–Crippen LogP) is 1.60. The number of anilines is 2. The summed E-state index contributed by atoms with van der Waals surface area (Å²) < 4.78 is 10.8. The Hall–Kier alpha value is -2.19. The summed E-state index contributed by atoms with van der Waals surface area (Å²) >= 11 is 0. The molecule has 2 atom stereocenters. The van der Waals surface area contributed by atoms with Crippen molar-refractivity contribution in [3.8, 4) is 5.88 Å². The van der Waals surface area contributed by atoms with Crippen LogP contribution in [0.15, 0.2) is 18.5 Å². The minimum atomic E-state index is -0.572. The van der Waals surface area contributed by atoms with Crippen LogP contribution in [0, 0.1) is 0 Å². The molecule has 0 amide bonds. The zero-order valence-electron chi connectivity index (χ0n) is 13.2. The van der Waals surface area contributed by atoms with Gasteiger partial charge in [-0.05, 0) is 13.3 Å². The van der Waals surface area contributed by atoms with Gasteiger partial charge in [0.05, 0.1) is 31.7 Å². The summed E-state index contributed by atoms with van der Waals surface area (Å²) in [6.07, 6.45) is 2.92. The number of nitrogens with one attached hydrogen (secondary N) is 2. The number of H-pyrrole nitrogens is 1. The Labute approximate surface area is 134 Å². The van der Waals surface area contributed by atoms with Crippen LogP contribution in [0.4, 0.5) is 11.6 Å². The monoisotopic (exact) mass is 319 g/mol. The summed E-state index contributed by atoms with van der Waals surface area (Å²) in [4.78, 5) is 8.45. The molecule has 1 aliphatic rings. The number of rotatable bonds is 7. The minimum absolute atomic E-state index is 0.310. The normalized spacial score (nSPS) is 17.3. The topological polar surface area (TPSA) is 105 Å². The van der Waals surface area contributed by atoms with Gasteiger partial charge in [0, 0.05) is 17.7 Å². The van der Waals surface area contributed by atoms with E-state index >= 15 is 0 Å². The van der Waals surface area contributed by atoms with Gasteiger partial charge in [-0.2, -0.15) is 10.1 Å². The van der Waals surface area contributed by atoms with Gasteiger partial charge in [0.1, 0.15) is 6.10 Å². The second kappa shape index (κ2) is 6.93. The molecule has 0 saturated carbocycles. The summed E-state index contributed by atoms with van der Waals surface area (Å²) in [5.74, 6) is 1.95. The highest BCUT2D eigenvalue weighted by Crippen LogP contribution is 2.25. The Balaban J connectivity index is 1.66. The molecule has 23 heavy (non-hydrogen) atoms. The van der Waals surface area contributed by atoms with Gasteiger partial charge >= 0.3 is 0 Å². The fraction of sp³-hybridized carbons (Fsp3) is 0.533. The van der Waals surface area contributed by atoms with Gasteiger partial charge in [-0.3, -0.25) is 10.1 Å². The Morgan fingerprint density at radius 2 is 2.26 bits per heavy atom. The number of aromatic nitrogens is 4. The lowest BCUT2D eigenvalue weighted by atomic mass is 10.0. The standard InChI is InChI=1S/C15H21N5O3/c1-3-12(9(2)21)23-15-6-16-5-14(18-15)17-13-4-11(19-20-13)10-7-22-8-10/h4-6,9-10,12,21H,3,7-8H2,1-2H3,(H2,17,18,19,20)/t9-,12+/m0/s1. The second-order valence-electron chi connectivity index (χ2n) is 5.62. The molecular formula is C15H21N5O3. The van der Waals surface area contributed by atoms with Crippen molar-refractivity contribution < 1.29 is 14.6 Å². The first-order valence-electron chi connectivity index (χ1n) is 7.72. The molecule has 1 saturated heterocycles. The third kappa shape index (κ3) is 3.77. The first-order valence-corrected chi connectivity index (χ1v) is 7.72. The summed E-state index contributed by atoms with van der Waals surface area (Å²) in [6.45, 7) is 5.09. The van der Waals surface area contributed by atoms with Crippen molar-refractivity contribution in [2.75, 3.05) is 18.5 Å². The van der Waals surface area contributed by atoms with E-state index in [9.17, 15) is 5.11 Å². The average molecular weight is 319 g/mol. The van der Waals surface area contributed by atoms with Crippen LogP contribution < -0.4 is 10.1 Å². The third-order valence-electron chi connectivity index (χ3n) is 3.76. The van der Waals surface area contributed by atoms with Crippen LogP contribution in [0.5, 0.6) is 5.88 Å². The van der Waals surface area contributed by atoms with Crippen molar-refractivity contribution in [1.82, 2.24) is 20.2 Å². The van der Waals surface area contributed by atoms with Crippen molar-refractivity contribution >= 4 is 11.6 Å². The molecule has 8 nitrogen and oxygen atoms in total. The number of hydrogen-bond donors (Lipinski definition) is 3. The number of nitrogens with zero attached hydrogens (tertiary/aromatic N) is 3. The molecule has 3 heterocycles. The van der Waals surface area contributed by atoms with Crippen LogP contribution in [0.2, 0.25) is 0 Å². The molecule has 0 aliphatic carbocycles. The molecule has 0 spiro atoms. The van der Waals surface area contributed by atoms with Crippen LogP contribution in [0.1, 0.15) is 31.9 Å². The fourth-order valence-corrected chi connectivity index (χ4v) is 2.30. The molecule has 1 fully saturated rings. The van der Waals surface area contributed by atoms with E-state index in [1.807, 2.05) is 13.0 Å². The van der Waals surface area contributed by atoms with E-state index in [0.29, 0.717) is 29.9 Å². The molecule has 3 N–H and O–H groups in total. The van der Waals surface area contributed by atoms with Gasteiger partial charge in [-0.1, -0.05) is 6.92 Å². The number of aliphatic hydroxyl groups excluding tert-OH is 1. The number of aromatic amines is 1. The zero-order chi connectivity index (χ0) is 16.2. The summed E-state index contributed by atoms with van der Waals surface area (Å²) in [6, 6.07) is 1.94. The van der Waals surface area contributed by atoms with Gasteiger partial charge in [0.25, 0.3) is 0 Å². The van der Waals surface area contributed by atoms with Gasteiger partial charge < -0.3 is 19.9 Å². The lowest BCUT2D eigenvalue weighted by molar-refractivity contribution is 0.00670. The van der Waals surface area contributed by atoms with E-state index in [4.69, 9.17) is 9.47 Å². The molecular weight excluding hydrogens is 298 g/mol. The van der Waals surface area contributed by atoms with Crippen LogP contribution in [-0.4, -0.2) is 50.7 Å². The highest BCUT2D eigenvalue weighted by atomic mass is 16.5. The maximum atomic E-state index is 9.65. The molecule has 1 aliphatic heterocycles. The molecule has 2 aromatic rings. The first-order chi connectivity index (χ1) is 11.2. The van der Waals surface area contributed by atoms with Crippen molar-refractivity contribution in [2.45, 2.75) is 38.4 Å². The maximum absolute atomic E-state index is 9.65. The first kappa shape index (κ1) is 15.7. The van der Waals surface area contributed by atoms with Gasteiger partial charge in [-0.25, -0.2) is 0 Å². The Morgan fingerprint density at radius 3 is 2.91 bits per heavy atom. The van der Waals surface area contributed by atoms with Crippen molar-refractivity contribution in [3.05, 3.63) is 24.2 Å². The Morgan fingerprint density at radius 1 is 1.43 bits per heavy atom. The summed E-state index contributed by atoms with van der Waals surface area (Å²) in [5, 5.41) is 19.9. The number of ether oxygens (including phenoxy) is 2. The van der Waals surface area contributed by atoms with Crippen molar-refractivity contribution in [3.63, 3.8) is 0 Å². The Kier molecular flexibility index (Phi) is 4.73. The van der Waals surface area contributed by atoms with E-state index in [0.717, 1.165) is 18.9 Å². The van der Waals surface area contributed by atoms with E-state index in [2.05, 4.69) is 25.5 Å². The van der Waals surface area contributed by atoms with E-state index in [1.165, 1.54) is 6.20 Å². The summed E-state index contributed by atoms with van der Waals surface area (Å²) in [5.41, 5.74) is 1.04. The molecule has 0 bridgehead atoms. The quantitative estimate of drug-likeness (QED) is 0.711. The zero-order valence-corrected chi connectivity index (χ0v) is 13.2. The molecule has 0 aromatic carbocycles. The Bertz CT molecular complexity index is 642. The highest BCUT2D eigenvalue weighted by molar-refractivity contribution is 5.51. The highest BCUT2D eigenvalue weighted by Gasteiger charge is 2.22.